The van der Waals surface area contributed by atoms with Crippen molar-refractivity contribution in [1.29, 1.82) is 0 Å². The molecule has 0 aromatic heterocycles. The van der Waals surface area contributed by atoms with Gasteiger partial charge >= 0.3 is 0 Å². The summed E-state index contributed by atoms with van der Waals surface area (Å²) < 4.78 is 0. The molecule has 8 heteroatoms. The minimum atomic E-state index is -0.300. The summed E-state index contributed by atoms with van der Waals surface area (Å²) in [6.07, 6.45) is 0. The van der Waals surface area contributed by atoms with Crippen LogP contribution in [0.15, 0.2) is 48.5 Å². The summed E-state index contributed by atoms with van der Waals surface area (Å²) in [6, 6.07) is 13.5. The van der Waals surface area contributed by atoms with Crippen molar-refractivity contribution in [3.63, 3.8) is 0 Å². The van der Waals surface area contributed by atoms with E-state index in [1.165, 1.54) is 0 Å². The number of rotatable bonds is 1. The lowest BCUT2D eigenvalue weighted by Gasteiger charge is -1.88. The monoisotopic (exact) mass is 354 g/mol. The molecular weight excluding hydrogens is 336 g/mol. The third-order valence-electron chi connectivity index (χ3n) is 3.45. The Morgan fingerprint density at radius 1 is 0.538 bits per heavy atom. The lowest BCUT2D eigenvalue weighted by atomic mass is 10.1. The Morgan fingerprint density at radius 2 is 0.769 bits per heavy atom. The molecule has 0 aliphatic carbocycles. The first-order valence-electron chi connectivity index (χ1n) is 7.79. The van der Waals surface area contributed by atoms with E-state index in [2.05, 4.69) is 10.6 Å². The number of fused-ring (bicyclic) bond motifs is 2. The quantitative estimate of drug-likeness (QED) is 0.532. The predicted octanol–water partition coefficient (Wildman–Crippen LogP) is 0.0442. The Bertz CT molecular complexity index is 726. The molecule has 2 aliphatic rings. The van der Waals surface area contributed by atoms with Crippen LogP contribution < -0.4 is 22.1 Å². The number of hydrogen-bond acceptors (Lipinski definition) is 6. The maximum absolute atomic E-state index is 10.9. The summed E-state index contributed by atoms with van der Waals surface area (Å²) in [7, 11) is 0. The van der Waals surface area contributed by atoms with Crippen molar-refractivity contribution in [2.45, 2.75) is 0 Å². The highest BCUT2D eigenvalue weighted by Gasteiger charge is 2.25. The number of imide groups is 2. The molecule has 0 saturated carbocycles. The maximum Gasteiger partial charge on any atom is 0.258 e. The average Bonchev–Trinajstić information content (AvgIpc) is 3.12. The van der Waals surface area contributed by atoms with Gasteiger partial charge in [-0.1, -0.05) is 24.3 Å². The summed E-state index contributed by atoms with van der Waals surface area (Å²) in [4.78, 5) is 43.8. The van der Waals surface area contributed by atoms with E-state index in [4.69, 9.17) is 11.5 Å². The number of nitrogens with one attached hydrogen (secondary N) is 2. The van der Waals surface area contributed by atoms with Gasteiger partial charge in [0.1, 0.15) is 0 Å². The maximum atomic E-state index is 10.9. The molecule has 0 unspecified atom stereocenters. The molecule has 26 heavy (non-hydrogen) atoms. The Hall–Kier alpha value is -3.36. The fourth-order valence-electron chi connectivity index (χ4n) is 2.23. The number of benzene rings is 2. The molecule has 4 amide bonds. The summed E-state index contributed by atoms with van der Waals surface area (Å²) in [5, 5.41) is 4.41. The van der Waals surface area contributed by atoms with Crippen LogP contribution in [0.2, 0.25) is 0 Å². The van der Waals surface area contributed by atoms with Crippen molar-refractivity contribution < 1.29 is 19.2 Å². The zero-order chi connectivity index (χ0) is 19.1. The van der Waals surface area contributed by atoms with Gasteiger partial charge in [0, 0.05) is 13.1 Å². The third-order valence-corrected chi connectivity index (χ3v) is 3.45. The number of amides is 4. The fraction of sp³-hybridized carbons (Fsp3) is 0.111. The Kier molecular flexibility index (Phi) is 6.31. The van der Waals surface area contributed by atoms with Gasteiger partial charge in [-0.25, -0.2) is 0 Å². The van der Waals surface area contributed by atoms with Gasteiger partial charge in [-0.05, 0) is 24.3 Å². The van der Waals surface area contributed by atoms with E-state index in [1.54, 1.807) is 48.5 Å². The lowest BCUT2D eigenvalue weighted by Crippen LogP contribution is -2.19. The lowest BCUT2D eigenvalue weighted by molar-refractivity contribution is 0.0863. The van der Waals surface area contributed by atoms with Gasteiger partial charge in [0.25, 0.3) is 23.6 Å². The van der Waals surface area contributed by atoms with Crippen LogP contribution in [-0.2, 0) is 0 Å². The molecule has 4 rings (SSSR count). The van der Waals surface area contributed by atoms with Crippen LogP contribution in [-0.4, -0.2) is 36.7 Å². The van der Waals surface area contributed by atoms with Gasteiger partial charge in [-0.2, -0.15) is 0 Å². The van der Waals surface area contributed by atoms with Crippen molar-refractivity contribution in [2.75, 3.05) is 13.1 Å². The minimum absolute atomic E-state index is 0.300. The Labute approximate surface area is 149 Å². The molecular formula is C18H18N4O4. The van der Waals surface area contributed by atoms with Crippen molar-refractivity contribution in [2.24, 2.45) is 11.5 Å². The zero-order valence-electron chi connectivity index (χ0n) is 13.8. The number of nitrogens with two attached hydrogens (primary N) is 2. The van der Waals surface area contributed by atoms with E-state index < -0.39 is 0 Å². The molecule has 134 valence electrons. The van der Waals surface area contributed by atoms with E-state index in [1.807, 2.05) is 0 Å². The van der Waals surface area contributed by atoms with Crippen molar-refractivity contribution in [1.82, 2.24) is 10.6 Å². The second-order valence-corrected chi connectivity index (χ2v) is 5.24. The summed E-state index contributed by atoms with van der Waals surface area (Å²) in [5.41, 5.74) is 11.7. The molecule has 0 atom stereocenters. The van der Waals surface area contributed by atoms with Crippen molar-refractivity contribution in [3.8, 4) is 0 Å². The standard InChI is InChI=1S/2C8H5NO2.C2H8N2/c2*10-7-5-3-1-2-4-6(5)8(11)9-7;3-1-2-4/h2*1-4H,(H,9,10,11);1-4H2. The van der Waals surface area contributed by atoms with Gasteiger partial charge in [0.2, 0.25) is 0 Å². The van der Waals surface area contributed by atoms with E-state index in [0.717, 1.165) is 0 Å². The van der Waals surface area contributed by atoms with E-state index in [0.29, 0.717) is 35.3 Å². The van der Waals surface area contributed by atoms with E-state index in [9.17, 15) is 19.2 Å². The molecule has 6 N–H and O–H groups in total. The van der Waals surface area contributed by atoms with E-state index >= 15 is 0 Å². The highest BCUT2D eigenvalue weighted by molar-refractivity contribution is 6.22. The molecule has 2 heterocycles. The summed E-state index contributed by atoms with van der Waals surface area (Å²) in [5.74, 6) is -1.20. The van der Waals surface area contributed by atoms with Gasteiger partial charge in [0.15, 0.2) is 0 Å². The fourth-order valence-corrected chi connectivity index (χ4v) is 2.23. The number of hydrogen-bond donors (Lipinski definition) is 4. The predicted molar refractivity (Wildman–Crippen MR) is 94.6 cm³/mol. The molecule has 0 spiro atoms. The normalized spacial score (nSPS) is 13.5. The molecule has 0 bridgehead atoms. The van der Waals surface area contributed by atoms with Crippen LogP contribution >= 0.6 is 0 Å². The Balaban J connectivity index is 0.000000156. The third kappa shape index (κ3) is 4.18. The van der Waals surface area contributed by atoms with Crippen molar-refractivity contribution in [3.05, 3.63) is 70.8 Å². The number of carbonyl (C=O) groups excluding carboxylic acids is 4. The second kappa shape index (κ2) is 8.65. The van der Waals surface area contributed by atoms with Gasteiger partial charge in [-0.3, -0.25) is 29.8 Å². The SMILES string of the molecule is NCCN.O=C1NC(=O)c2ccccc21.O=C1NC(=O)c2ccccc21. The topological polar surface area (TPSA) is 144 Å². The van der Waals surface area contributed by atoms with Gasteiger partial charge in [0.05, 0.1) is 22.3 Å². The first-order valence-corrected chi connectivity index (χ1v) is 7.79. The van der Waals surface area contributed by atoms with Crippen LogP contribution in [0.5, 0.6) is 0 Å². The summed E-state index contributed by atoms with van der Waals surface area (Å²) >= 11 is 0. The van der Waals surface area contributed by atoms with Gasteiger partial charge in [-0.15, -0.1) is 0 Å². The van der Waals surface area contributed by atoms with Crippen LogP contribution in [0.25, 0.3) is 0 Å². The smallest absolute Gasteiger partial charge is 0.258 e. The molecule has 0 fully saturated rings. The molecule has 2 aliphatic heterocycles. The average molecular weight is 354 g/mol. The molecule has 0 radical (unpaired) electrons. The minimum Gasteiger partial charge on any atom is -0.329 e. The van der Waals surface area contributed by atoms with Crippen LogP contribution in [0.1, 0.15) is 41.4 Å². The zero-order valence-corrected chi connectivity index (χ0v) is 13.8. The first kappa shape index (κ1) is 19.0. The molecule has 2 aromatic rings. The largest absolute Gasteiger partial charge is 0.329 e. The van der Waals surface area contributed by atoms with Crippen LogP contribution in [0.4, 0.5) is 0 Å². The highest BCUT2D eigenvalue weighted by Crippen LogP contribution is 2.14. The summed E-state index contributed by atoms with van der Waals surface area (Å²) in [6.45, 7) is 1.19. The number of carbonyl (C=O) groups is 4. The van der Waals surface area contributed by atoms with Gasteiger partial charge < -0.3 is 11.5 Å². The Morgan fingerprint density at radius 3 is 0.962 bits per heavy atom. The van der Waals surface area contributed by atoms with E-state index in [-0.39, 0.29) is 23.6 Å². The van der Waals surface area contributed by atoms with Crippen LogP contribution in [0.3, 0.4) is 0 Å². The molecule has 0 saturated heterocycles. The highest BCUT2D eigenvalue weighted by atomic mass is 16.2. The second-order valence-electron chi connectivity index (χ2n) is 5.24. The van der Waals surface area contributed by atoms with Crippen LogP contribution in [0, 0.1) is 0 Å². The molecule has 2 aromatic carbocycles. The van der Waals surface area contributed by atoms with Crippen molar-refractivity contribution >= 4 is 23.6 Å². The molecule has 8 nitrogen and oxygen atoms in total. The first-order chi connectivity index (χ1) is 12.5.